The van der Waals surface area contributed by atoms with E-state index in [1.165, 1.54) is 12.4 Å². The molecule has 0 aliphatic rings. The Morgan fingerprint density at radius 3 is 2.47 bits per heavy atom. The summed E-state index contributed by atoms with van der Waals surface area (Å²) in [4.78, 5) is 19.7. The Hall–Kier alpha value is -1.16. The molecule has 0 radical (unpaired) electrons. The third-order valence-corrected chi connectivity index (χ3v) is 3.26. The Balaban J connectivity index is 2.70. The second-order valence-corrected chi connectivity index (χ2v) is 4.39. The largest absolute Gasteiger partial charge is 0.348 e. The minimum absolute atomic E-state index is 0.107. The summed E-state index contributed by atoms with van der Waals surface area (Å²) in [7, 11) is 0. The summed E-state index contributed by atoms with van der Waals surface area (Å²) in [5, 5.41) is 3.05. The molecular weight excluding hydrogens is 238 g/mol. The molecule has 0 saturated heterocycles. The molecular formula is C12H18ClN3O. The quantitative estimate of drug-likeness (QED) is 0.880. The van der Waals surface area contributed by atoms with Crippen molar-refractivity contribution < 1.29 is 4.79 Å². The molecule has 0 saturated carbocycles. The summed E-state index contributed by atoms with van der Waals surface area (Å²) >= 11 is 5.82. The molecule has 94 valence electrons. The number of nitrogens with one attached hydrogen (secondary N) is 1. The van der Waals surface area contributed by atoms with Gasteiger partial charge in [0.1, 0.15) is 0 Å². The number of halogens is 1. The Morgan fingerprint density at radius 1 is 1.35 bits per heavy atom. The highest BCUT2D eigenvalue weighted by atomic mass is 35.5. The summed E-state index contributed by atoms with van der Waals surface area (Å²) in [5.41, 5.74) is 0.187. The lowest BCUT2D eigenvalue weighted by Crippen LogP contribution is -2.38. The molecule has 1 amide bonds. The van der Waals surface area contributed by atoms with Gasteiger partial charge in [-0.1, -0.05) is 38.3 Å². The summed E-state index contributed by atoms with van der Waals surface area (Å²) in [6.07, 6.45) is 4.99. The SMILES string of the molecule is CCC(CC)[C@H](C)NC(=O)c1nccnc1Cl. The fraction of sp³-hybridized carbons (Fsp3) is 0.583. The number of amides is 1. The molecule has 1 heterocycles. The van der Waals surface area contributed by atoms with Crippen LogP contribution in [0.25, 0.3) is 0 Å². The van der Waals surface area contributed by atoms with Crippen LogP contribution in [0.5, 0.6) is 0 Å². The van der Waals surface area contributed by atoms with Gasteiger partial charge < -0.3 is 5.32 Å². The maximum Gasteiger partial charge on any atom is 0.273 e. The molecule has 0 fully saturated rings. The molecule has 0 unspecified atom stereocenters. The van der Waals surface area contributed by atoms with Gasteiger partial charge in [0, 0.05) is 18.4 Å². The first-order chi connectivity index (χ1) is 8.10. The molecule has 17 heavy (non-hydrogen) atoms. The van der Waals surface area contributed by atoms with Crippen molar-refractivity contribution in [3.05, 3.63) is 23.2 Å². The van der Waals surface area contributed by atoms with Gasteiger partial charge in [-0.15, -0.1) is 0 Å². The zero-order chi connectivity index (χ0) is 12.8. The van der Waals surface area contributed by atoms with E-state index in [1.807, 2.05) is 6.92 Å². The van der Waals surface area contributed by atoms with E-state index >= 15 is 0 Å². The summed E-state index contributed by atoms with van der Waals surface area (Å²) in [6, 6.07) is 0.107. The van der Waals surface area contributed by atoms with Crippen molar-refractivity contribution in [1.82, 2.24) is 15.3 Å². The zero-order valence-corrected chi connectivity index (χ0v) is 11.2. The van der Waals surface area contributed by atoms with Crippen LogP contribution in [0.2, 0.25) is 5.15 Å². The summed E-state index contributed by atoms with van der Waals surface area (Å²) in [6.45, 7) is 6.23. The second kappa shape index (κ2) is 6.55. The molecule has 0 aliphatic heterocycles. The Kier molecular flexibility index (Phi) is 5.35. The molecule has 0 spiro atoms. The van der Waals surface area contributed by atoms with E-state index in [9.17, 15) is 4.79 Å². The van der Waals surface area contributed by atoms with Crippen LogP contribution in [0, 0.1) is 5.92 Å². The van der Waals surface area contributed by atoms with Crippen molar-refractivity contribution in [2.75, 3.05) is 0 Å². The lowest BCUT2D eigenvalue weighted by molar-refractivity contribution is 0.0920. The average Bonchev–Trinajstić information content (AvgIpc) is 2.31. The van der Waals surface area contributed by atoms with Gasteiger partial charge in [-0.05, 0) is 12.8 Å². The normalized spacial score (nSPS) is 12.5. The summed E-state index contributed by atoms with van der Waals surface area (Å²) in [5.74, 6) is 0.205. The van der Waals surface area contributed by atoms with Gasteiger partial charge >= 0.3 is 0 Å². The highest BCUT2D eigenvalue weighted by Crippen LogP contribution is 2.14. The van der Waals surface area contributed by atoms with Crippen LogP contribution in [0.15, 0.2) is 12.4 Å². The van der Waals surface area contributed by atoms with E-state index in [0.717, 1.165) is 12.8 Å². The zero-order valence-electron chi connectivity index (χ0n) is 10.4. The number of carbonyl (C=O) groups excluding carboxylic acids is 1. The molecule has 1 N–H and O–H groups in total. The van der Waals surface area contributed by atoms with Crippen molar-refractivity contribution in [3.63, 3.8) is 0 Å². The minimum atomic E-state index is -0.262. The maximum atomic E-state index is 11.9. The Labute approximate surface area is 107 Å². The fourth-order valence-corrected chi connectivity index (χ4v) is 2.05. The van der Waals surface area contributed by atoms with Crippen molar-refractivity contribution in [1.29, 1.82) is 0 Å². The molecule has 1 aromatic heterocycles. The molecule has 1 rings (SSSR count). The van der Waals surface area contributed by atoms with Gasteiger partial charge in [-0.25, -0.2) is 9.97 Å². The van der Waals surface area contributed by atoms with Crippen LogP contribution in [-0.4, -0.2) is 21.9 Å². The number of aromatic nitrogens is 2. The number of carbonyl (C=O) groups is 1. The first-order valence-electron chi connectivity index (χ1n) is 5.87. The molecule has 0 aliphatic carbocycles. The van der Waals surface area contributed by atoms with Crippen molar-refractivity contribution in [2.24, 2.45) is 5.92 Å². The first kappa shape index (κ1) is 13.9. The van der Waals surface area contributed by atoms with Crippen molar-refractivity contribution >= 4 is 17.5 Å². The predicted molar refractivity (Wildman–Crippen MR) is 68.0 cm³/mol. The van der Waals surface area contributed by atoms with Gasteiger partial charge in [-0.3, -0.25) is 4.79 Å². The van der Waals surface area contributed by atoms with Crippen LogP contribution in [0.4, 0.5) is 0 Å². The van der Waals surface area contributed by atoms with Gasteiger partial charge in [0.2, 0.25) is 0 Å². The van der Waals surface area contributed by atoms with Gasteiger partial charge in [0.25, 0.3) is 5.91 Å². The summed E-state index contributed by atoms with van der Waals surface area (Å²) < 4.78 is 0. The van der Waals surface area contributed by atoms with Gasteiger partial charge in [-0.2, -0.15) is 0 Å². The van der Waals surface area contributed by atoms with Crippen LogP contribution in [0.1, 0.15) is 44.1 Å². The fourth-order valence-electron chi connectivity index (χ4n) is 1.86. The molecule has 1 aromatic rings. The van der Waals surface area contributed by atoms with E-state index < -0.39 is 0 Å². The van der Waals surface area contributed by atoms with Crippen LogP contribution >= 0.6 is 11.6 Å². The molecule has 5 heteroatoms. The van der Waals surface area contributed by atoms with Crippen molar-refractivity contribution in [2.45, 2.75) is 39.7 Å². The highest BCUT2D eigenvalue weighted by Gasteiger charge is 2.19. The topological polar surface area (TPSA) is 54.9 Å². The highest BCUT2D eigenvalue weighted by molar-refractivity contribution is 6.32. The van der Waals surface area contributed by atoms with Crippen LogP contribution in [0.3, 0.4) is 0 Å². The number of nitrogens with zero attached hydrogens (tertiary/aromatic N) is 2. The third-order valence-electron chi connectivity index (χ3n) is 2.98. The standard InChI is InChI=1S/C12H18ClN3O/c1-4-9(5-2)8(3)16-12(17)10-11(13)15-7-6-14-10/h6-9H,4-5H2,1-3H3,(H,16,17)/t8-/m0/s1. The van der Waals surface area contributed by atoms with Gasteiger partial charge in [0.15, 0.2) is 10.8 Å². The second-order valence-electron chi connectivity index (χ2n) is 4.03. The van der Waals surface area contributed by atoms with Crippen LogP contribution < -0.4 is 5.32 Å². The molecule has 1 atom stereocenters. The predicted octanol–water partition coefficient (Wildman–Crippen LogP) is 2.68. The minimum Gasteiger partial charge on any atom is -0.348 e. The Morgan fingerprint density at radius 2 is 1.94 bits per heavy atom. The van der Waals surface area contributed by atoms with E-state index in [1.54, 1.807) is 0 Å². The number of rotatable bonds is 5. The van der Waals surface area contributed by atoms with E-state index in [2.05, 4.69) is 29.1 Å². The average molecular weight is 256 g/mol. The number of hydrogen-bond acceptors (Lipinski definition) is 3. The smallest absolute Gasteiger partial charge is 0.273 e. The maximum absolute atomic E-state index is 11.9. The number of hydrogen-bond donors (Lipinski definition) is 1. The molecule has 0 aromatic carbocycles. The van der Waals surface area contributed by atoms with Crippen LogP contribution in [-0.2, 0) is 0 Å². The van der Waals surface area contributed by atoms with Gasteiger partial charge in [0.05, 0.1) is 0 Å². The van der Waals surface area contributed by atoms with E-state index in [-0.39, 0.29) is 22.8 Å². The van der Waals surface area contributed by atoms with Crippen molar-refractivity contribution in [3.8, 4) is 0 Å². The monoisotopic (exact) mass is 255 g/mol. The molecule has 4 nitrogen and oxygen atoms in total. The third kappa shape index (κ3) is 3.66. The molecule has 0 bridgehead atoms. The van der Waals surface area contributed by atoms with E-state index in [0.29, 0.717) is 5.92 Å². The van der Waals surface area contributed by atoms with E-state index in [4.69, 9.17) is 11.6 Å². The lowest BCUT2D eigenvalue weighted by atomic mass is 9.95. The lowest BCUT2D eigenvalue weighted by Gasteiger charge is -2.22. The first-order valence-corrected chi connectivity index (χ1v) is 6.25. The Bertz CT molecular complexity index is 380.